The zero-order valence-electron chi connectivity index (χ0n) is 10.6. The van der Waals surface area contributed by atoms with Crippen LogP contribution in [0.15, 0.2) is 12.1 Å². The van der Waals surface area contributed by atoms with Crippen LogP contribution in [0.4, 0.5) is 0 Å². The van der Waals surface area contributed by atoms with E-state index in [1.807, 2.05) is 0 Å². The van der Waals surface area contributed by atoms with Gasteiger partial charge in [-0.25, -0.2) is 0 Å². The molecule has 16 heavy (non-hydrogen) atoms. The van der Waals surface area contributed by atoms with Gasteiger partial charge in [0.25, 0.3) is 0 Å². The third-order valence-corrected chi connectivity index (χ3v) is 3.35. The summed E-state index contributed by atoms with van der Waals surface area (Å²) >= 11 is 4.19. The first-order valence-electron chi connectivity index (χ1n) is 6.03. The van der Waals surface area contributed by atoms with Gasteiger partial charge in [0.05, 0.1) is 0 Å². The molecule has 0 unspecified atom stereocenters. The molecule has 90 valence electrons. The lowest BCUT2D eigenvalue weighted by Gasteiger charge is -2.10. The van der Waals surface area contributed by atoms with Crippen LogP contribution in [0.1, 0.15) is 28.7 Å². The van der Waals surface area contributed by atoms with Crippen molar-refractivity contribution in [3.05, 3.63) is 34.4 Å². The summed E-state index contributed by atoms with van der Waals surface area (Å²) in [5.74, 6) is 0.968. The lowest BCUT2D eigenvalue weighted by molar-refractivity contribution is 0.673. The van der Waals surface area contributed by atoms with Crippen LogP contribution in [0.25, 0.3) is 0 Å². The zero-order chi connectivity index (χ0) is 12.0. The van der Waals surface area contributed by atoms with E-state index in [0.29, 0.717) is 0 Å². The third-order valence-electron chi connectivity index (χ3n) is 3.04. The van der Waals surface area contributed by atoms with Gasteiger partial charge in [-0.05, 0) is 74.7 Å². The molecule has 0 amide bonds. The van der Waals surface area contributed by atoms with Crippen molar-refractivity contribution in [3.63, 3.8) is 0 Å². The first kappa shape index (κ1) is 13.6. The van der Waals surface area contributed by atoms with E-state index in [0.717, 1.165) is 31.7 Å². The van der Waals surface area contributed by atoms with Crippen molar-refractivity contribution in [1.29, 1.82) is 0 Å². The minimum Gasteiger partial charge on any atom is -0.316 e. The van der Waals surface area contributed by atoms with Gasteiger partial charge in [0.15, 0.2) is 0 Å². The van der Waals surface area contributed by atoms with Crippen LogP contribution < -0.4 is 5.32 Å². The highest BCUT2D eigenvalue weighted by Crippen LogP contribution is 2.15. The Morgan fingerprint density at radius 3 is 2.38 bits per heavy atom. The Labute approximate surface area is 105 Å². The monoisotopic (exact) mass is 237 g/mol. The molecule has 0 aromatic heterocycles. The van der Waals surface area contributed by atoms with Gasteiger partial charge in [0.1, 0.15) is 0 Å². The topological polar surface area (TPSA) is 12.0 Å². The largest absolute Gasteiger partial charge is 0.316 e. The summed E-state index contributed by atoms with van der Waals surface area (Å²) in [7, 11) is 0. The minimum atomic E-state index is 0.968. The molecule has 1 rings (SSSR count). The fourth-order valence-corrected chi connectivity index (χ4v) is 2.00. The molecule has 1 nitrogen and oxygen atoms in total. The van der Waals surface area contributed by atoms with Crippen molar-refractivity contribution in [2.75, 3.05) is 18.8 Å². The molecule has 0 aliphatic carbocycles. The van der Waals surface area contributed by atoms with Crippen molar-refractivity contribution < 1.29 is 0 Å². The van der Waals surface area contributed by atoms with Crippen molar-refractivity contribution >= 4 is 12.6 Å². The standard InChI is InChI=1S/C14H23NS/c1-11-9-13(3)14(10-12(11)2)5-7-15-6-4-8-16/h9-10,15-16H,4-8H2,1-3H3. The second kappa shape index (κ2) is 6.97. The fraction of sp³-hybridized carbons (Fsp3) is 0.571. The maximum absolute atomic E-state index is 4.19. The van der Waals surface area contributed by atoms with Crippen LogP contribution in [-0.2, 0) is 6.42 Å². The molecule has 0 radical (unpaired) electrons. The molecule has 2 heteroatoms. The van der Waals surface area contributed by atoms with E-state index < -0.39 is 0 Å². The van der Waals surface area contributed by atoms with Gasteiger partial charge in [0.2, 0.25) is 0 Å². The van der Waals surface area contributed by atoms with Crippen LogP contribution in [0.2, 0.25) is 0 Å². The highest BCUT2D eigenvalue weighted by Gasteiger charge is 2.01. The van der Waals surface area contributed by atoms with Gasteiger partial charge < -0.3 is 5.32 Å². The highest BCUT2D eigenvalue weighted by atomic mass is 32.1. The van der Waals surface area contributed by atoms with E-state index in [4.69, 9.17) is 0 Å². The van der Waals surface area contributed by atoms with Crippen molar-refractivity contribution in [3.8, 4) is 0 Å². The summed E-state index contributed by atoms with van der Waals surface area (Å²) in [5.41, 5.74) is 5.68. The van der Waals surface area contributed by atoms with E-state index in [1.165, 1.54) is 22.3 Å². The molecule has 0 saturated heterocycles. The summed E-state index contributed by atoms with van der Waals surface area (Å²) in [6.07, 6.45) is 2.27. The Hall–Kier alpha value is -0.470. The molecule has 0 saturated carbocycles. The number of hydrogen-bond donors (Lipinski definition) is 2. The lowest BCUT2D eigenvalue weighted by atomic mass is 9.99. The minimum absolute atomic E-state index is 0.968. The predicted octanol–water partition coefficient (Wildman–Crippen LogP) is 3.06. The fourth-order valence-electron chi connectivity index (χ4n) is 1.84. The number of hydrogen-bond acceptors (Lipinski definition) is 2. The van der Waals surface area contributed by atoms with Crippen LogP contribution in [-0.4, -0.2) is 18.8 Å². The molecule has 0 heterocycles. The van der Waals surface area contributed by atoms with Crippen LogP contribution in [0.5, 0.6) is 0 Å². The molecule has 1 aromatic carbocycles. The third kappa shape index (κ3) is 4.18. The summed E-state index contributed by atoms with van der Waals surface area (Å²) in [6.45, 7) is 8.71. The van der Waals surface area contributed by atoms with Crippen LogP contribution in [0, 0.1) is 20.8 Å². The smallest absolute Gasteiger partial charge is 0.000824 e. The lowest BCUT2D eigenvalue weighted by Crippen LogP contribution is -2.19. The van der Waals surface area contributed by atoms with Gasteiger partial charge in [-0.1, -0.05) is 12.1 Å². The maximum Gasteiger partial charge on any atom is -0.000824 e. The average molecular weight is 237 g/mol. The molecular formula is C14H23NS. The van der Waals surface area contributed by atoms with E-state index in [-0.39, 0.29) is 0 Å². The molecule has 0 spiro atoms. The van der Waals surface area contributed by atoms with Crippen LogP contribution >= 0.6 is 12.6 Å². The number of benzene rings is 1. The van der Waals surface area contributed by atoms with E-state index in [9.17, 15) is 0 Å². The Morgan fingerprint density at radius 2 is 1.69 bits per heavy atom. The van der Waals surface area contributed by atoms with Gasteiger partial charge in [-0.3, -0.25) is 0 Å². The molecule has 0 aliphatic rings. The summed E-state index contributed by atoms with van der Waals surface area (Å²) < 4.78 is 0. The normalized spacial score (nSPS) is 10.8. The molecule has 0 bridgehead atoms. The Bertz CT molecular complexity index is 334. The van der Waals surface area contributed by atoms with E-state index >= 15 is 0 Å². The zero-order valence-corrected chi connectivity index (χ0v) is 11.5. The Morgan fingerprint density at radius 1 is 1.00 bits per heavy atom. The first-order valence-corrected chi connectivity index (χ1v) is 6.66. The number of aryl methyl sites for hydroxylation is 3. The van der Waals surface area contributed by atoms with Crippen LogP contribution in [0.3, 0.4) is 0 Å². The van der Waals surface area contributed by atoms with Crippen molar-refractivity contribution in [2.24, 2.45) is 0 Å². The van der Waals surface area contributed by atoms with Gasteiger partial charge in [-0.2, -0.15) is 12.6 Å². The van der Waals surface area contributed by atoms with Gasteiger partial charge in [0, 0.05) is 0 Å². The second-order valence-corrected chi connectivity index (χ2v) is 4.89. The second-order valence-electron chi connectivity index (χ2n) is 4.44. The number of nitrogens with one attached hydrogen (secondary N) is 1. The van der Waals surface area contributed by atoms with E-state index in [2.05, 4.69) is 50.8 Å². The van der Waals surface area contributed by atoms with Crippen molar-refractivity contribution in [1.82, 2.24) is 5.32 Å². The number of rotatable bonds is 6. The first-order chi connectivity index (χ1) is 7.65. The quantitative estimate of drug-likeness (QED) is 0.572. The molecular weight excluding hydrogens is 214 g/mol. The van der Waals surface area contributed by atoms with Crippen molar-refractivity contribution in [2.45, 2.75) is 33.6 Å². The maximum atomic E-state index is 4.19. The van der Waals surface area contributed by atoms with E-state index in [1.54, 1.807) is 0 Å². The summed E-state index contributed by atoms with van der Waals surface area (Å²) in [4.78, 5) is 0. The molecule has 1 N–H and O–H groups in total. The molecule has 0 fully saturated rings. The Balaban J connectivity index is 2.45. The Kier molecular flexibility index (Phi) is 5.93. The SMILES string of the molecule is Cc1cc(C)c(CCNCCCS)cc1C. The van der Waals surface area contributed by atoms with Gasteiger partial charge in [-0.15, -0.1) is 0 Å². The van der Waals surface area contributed by atoms with Gasteiger partial charge >= 0.3 is 0 Å². The molecule has 0 atom stereocenters. The molecule has 1 aromatic rings. The predicted molar refractivity (Wildman–Crippen MR) is 75.7 cm³/mol. The number of thiol groups is 1. The summed E-state index contributed by atoms with van der Waals surface area (Å²) in [5, 5.41) is 3.45. The molecule has 0 aliphatic heterocycles. The summed E-state index contributed by atoms with van der Waals surface area (Å²) in [6, 6.07) is 4.61. The highest BCUT2D eigenvalue weighted by molar-refractivity contribution is 7.80. The average Bonchev–Trinajstić information content (AvgIpc) is 2.25.